The highest BCUT2D eigenvalue weighted by molar-refractivity contribution is 7.98. The molecule has 0 bridgehead atoms. The Kier molecular flexibility index (Phi) is 6.36. The largest absolute Gasteiger partial charge is 0.464 e. The number of rotatable bonds is 7. The minimum atomic E-state index is -2.34. The zero-order valence-corrected chi connectivity index (χ0v) is 12.7. The van der Waals surface area contributed by atoms with Crippen molar-refractivity contribution < 1.29 is 13.2 Å². The third-order valence-corrected chi connectivity index (χ3v) is 4.64. The van der Waals surface area contributed by atoms with Crippen LogP contribution in [0.4, 0.5) is 8.78 Å². The highest BCUT2D eigenvalue weighted by atomic mass is 32.2. The number of thioether (sulfide) groups is 1. The van der Waals surface area contributed by atoms with Gasteiger partial charge in [-0.05, 0) is 43.4 Å². The maximum Gasteiger partial charge on any atom is 0.284 e. The van der Waals surface area contributed by atoms with Crippen LogP contribution in [0.2, 0.25) is 0 Å². The maximum absolute atomic E-state index is 12.1. The Balaban J connectivity index is 1.64. The summed E-state index contributed by atoms with van der Waals surface area (Å²) in [5.74, 6) is 1.01. The van der Waals surface area contributed by atoms with Crippen molar-refractivity contribution in [3.63, 3.8) is 0 Å². The molecule has 20 heavy (non-hydrogen) atoms. The van der Waals surface area contributed by atoms with Gasteiger partial charge >= 0.3 is 0 Å². The number of furan rings is 1. The second kappa shape index (κ2) is 8.03. The smallest absolute Gasteiger partial charge is 0.284 e. The Bertz CT molecular complexity index is 389. The lowest BCUT2D eigenvalue weighted by Crippen LogP contribution is -2.25. The van der Waals surface area contributed by atoms with Crippen LogP contribution in [0.5, 0.6) is 0 Å². The van der Waals surface area contributed by atoms with E-state index in [1.165, 1.54) is 25.7 Å². The van der Waals surface area contributed by atoms with Gasteiger partial charge in [0.25, 0.3) is 5.76 Å². The number of halogens is 2. The molecule has 2 nitrogen and oxygen atoms in total. The van der Waals surface area contributed by atoms with Gasteiger partial charge in [-0.3, -0.25) is 0 Å². The van der Waals surface area contributed by atoms with E-state index < -0.39 is 5.76 Å². The van der Waals surface area contributed by atoms with Crippen LogP contribution in [0.3, 0.4) is 0 Å². The molecule has 0 atom stereocenters. The maximum atomic E-state index is 12.1. The molecule has 0 radical (unpaired) electrons. The van der Waals surface area contributed by atoms with Crippen molar-refractivity contribution in [3.8, 4) is 0 Å². The van der Waals surface area contributed by atoms with E-state index in [0.29, 0.717) is 24.1 Å². The SMILES string of the molecule is CC1CCC(CNCc2ccc(CSC(F)F)o2)CC1. The van der Waals surface area contributed by atoms with Gasteiger partial charge in [-0.2, -0.15) is 8.78 Å². The van der Waals surface area contributed by atoms with Crippen LogP contribution in [0, 0.1) is 11.8 Å². The van der Waals surface area contributed by atoms with Crippen LogP contribution in [-0.2, 0) is 12.3 Å². The zero-order chi connectivity index (χ0) is 14.4. The predicted molar refractivity (Wildman–Crippen MR) is 78.8 cm³/mol. The average Bonchev–Trinajstić information content (AvgIpc) is 2.87. The number of hydrogen-bond donors (Lipinski definition) is 1. The van der Waals surface area contributed by atoms with Gasteiger partial charge in [-0.15, -0.1) is 0 Å². The lowest BCUT2D eigenvalue weighted by Gasteiger charge is -2.26. The second-order valence-electron chi connectivity index (χ2n) is 5.70. The highest BCUT2D eigenvalue weighted by Crippen LogP contribution is 2.27. The second-order valence-corrected chi connectivity index (χ2v) is 6.67. The van der Waals surface area contributed by atoms with Crippen LogP contribution < -0.4 is 5.32 Å². The van der Waals surface area contributed by atoms with Gasteiger partial charge in [0, 0.05) is 0 Å². The molecule has 1 aromatic rings. The van der Waals surface area contributed by atoms with E-state index in [-0.39, 0.29) is 5.75 Å². The Morgan fingerprint density at radius 1 is 1.25 bits per heavy atom. The Morgan fingerprint density at radius 3 is 2.65 bits per heavy atom. The summed E-state index contributed by atoms with van der Waals surface area (Å²) in [5, 5.41) is 3.42. The van der Waals surface area contributed by atoms with Gasteiger partial charge in [0.1, 0.15) is 11.5 Å². The number of nitrogens with one attached hydrogen (secondary N) is 1. The van der Waals surface area contributed by atoms with Gasteiger partial charge in [0.15, 0.2) is 0 Å². The summed E-state index contributed by atoms with van der Waals surface area (Å²) in [4.78, 5) is 0. The molecule has 0 aromatic carbocycles. The summed E-state index contributed by atoms with van der Waals surface area (Å²) in [7, 11) is 0. The number of alkyl halides is 2. The minimum Gasteiger partial charge on any atom is -0.464 e. The van der Waals surface area contributed by atoms with E-state index >= 15 is 0 Å². The lowest BCUT2D eigenvalue weighted by molar-refractivity contribution is 0.251. The fourth-order valence-corrected chi connectivity index (χ4v) is 3.12. The summed E-state index contributed by atoms with van der Waals surface area (Å²) in [6.45, 7) is 4.03. The Hall–Kier alpha value is -0.550. The average molecular weight is 303 g/mol. The first-order valence-electron chi connectivity index (χ1n) is 7.31. The number of hydrogen-bond acceptors (Lipinski definition) is 3. The summed E-state index contributed by atoms with van der Waals surface area (Å²) in [6, 6.07) is 3.66. The van der Waals surface area contributed by atoms with Crippen molar-refractivity contribution in [1.82, 2.24) is 5.32 Å². The summed E-state index contributed by atoms with van der Waals surface area (Å²) in [6.07, 6.45) is 5.29. The molecule has 0 spiro atoms. The van der Waals surface area contributed by atoms with Gasteiger partial charge in [0.2, 0.25) is 0 Å². The fourth-order valence-electron chi connectivity index (χ4n) is 2.67. The molecule has 5 heteroatoms. The van der Waals surface area contributed by atoms with Gasteiger partial charge in [-0.1, -0.05) is 31.5 Å². The molecule has 1 heterocycles. The summed E-state index contributed by atoms with van der Waals surface area (Å²) in [5.41, 5.74) is 0. The van der Waals surface area contributed by atoms with E-state index in [0.717, 1.165) is 24.1 Å². The van der Waals surface area contributed by atoms with Crippen LogP contribution in [0.15, 0.2) is 16.5 Å². The van der Waals surface area contributed by atoms with Crippen LogP contribution >= 0.6 is 11.8 Å². The molecule has 0 amide bonds. The predicted octanol–water partition coefficient (Wildman–Crippen LogP) is 4.65. The normalized spacial score (nSPS) is 23.4. The molecule has 114 valence electrons. The van der Waals surface area contributed by atoms with E-state index in [1.54, 1.807) is 6.07 Å². The molecular weight excluding hydrogens is 280 g/mol. The Morgan fingerprint density at radius 2 is 1.95 bits per heavy atom. The summed E-state index contributed by atoms with van der Waals surface area (Å²) >= 11 is 0.597. The highest BCUT2D eigenvalue weighted by Gasteiger charge is 2.17. The summed E-state index contributed by atoms with van der Waals surface area (Å²) < 4.78 is 29.7. The third kappa shape index (κ3) is 5.44. The van der Waals surface area contributed by atoms with Gasteiger partial charge < -0.3 is 9.73 Å². The van der Waals surface area contributed by atoms with Crippen LogP contribution in [0.1, 0.15) is 44.1 Å². The van der Waals surface area contributed by atoms with Crippen molar-refractivity contribution in [2.75, 3.05) is 6.54 Å². The Labute approximate surface area is 123 Å². The molecule has 1 aliphatic rings. The van der Waals surface area contributed by atoms with Gasteiger partial charge in [-0.25, -0.2) is 0 Å². The first kappa shape index (κ1) is 15.8. The van der Waals surface area contributed by atoms with Gasteiger partial charge in [0.05, 0.1) is 12.3 Å². The monoisotopic (exact) mass is 303 g/mol. The van der Waals surface area contributed by atoms with Crippen molar-refractivity contribution in [2.24, 2.45) is 11.8 Å². The topological polar surface area (TPSA) is 25.2 Å². The zero-order valence-electron chi connectivity index (χ0n) is 11.9. The standard InChI is InChI=1S/C15H23F2NOS/c1-11-2-4-12(5-3-11)8-18-9-13-6-7-14(19-13)10-20-15(16)17/h6-7,11-12,15,18H,2-5,8-10H2,1H3. The molecule has 2 rings (SSSR count). The van der Waals surface area contributed by atoms with Crippen molar-refractivity contribution >= 4 is 11.8 Å². The van der Waals surface area contributed by atoms with Crippen LogP contribution in [0.25, 0.3) is 0 Å². The first-order valence-corrected chi connectivity index (χ1v) is 8.36. The van der Waals surface area contributed by atoms with E-state index in [1.807, 2.05) is 6.07 Å². The van der Waals surface area contributed by atoms with Crippen molar-refractivity contribution in [2.45, 2.75) is 50.7 Å². The minimum absolute atomic E-state index is 0.234. The molecule has 1 saturated carbocycles. The van der Waals surface area contributed by atoms with E-state index in [2.05, 4.69) is 12.2 Å². The fraction of sp³-hybridized carbons (Fsp3) is 0.733. The molecule has 0 unspecified atom stereocenters. The molecule has 1 N–H and O–H groups in total. The third-order valence-electron chi connectivity index (χ3n) is 3.94. The van der Waals surface area contributed by atoms with Crippen molar-refractivity contribution in [1.29, 1.82) is 0 Å². The van der Waals surface area contributed by atoms with Crippen molar-refractivity contribution in [3.05, 3.63) is 23.7 Å². The molecular formula is C15H23F2NOS. The lowest BCUT2D eigenvalue weighted by atomic mass is 9.83. The van der Waals surface area contributed by atoms with Crippen LogP contribution in [-0.4, -0.2) is 12.3 Å². The first-order chi connectivity index (χ1) is 9.63. The van der Waals surface area contributed by atoms with E-state index in [9.17, 15) is 8.78 Å². The molecule has 1 fully saturated rings. The van der Waals surface area contributed by atoms with E-state index in [4.69, 9.17) is 4.42 Å². The quantitative estimate of drug-likeness (QED) is 0.793. The molecule has 0 aliphatic heterocycles. The molecule has 0 saturated heterocycles. The molecule has 1 aliphatic carbocycles. The molecule has 1 aromatic heterocycles.